The van der Waals surface area contributed by atoms with Crippen LogP contribution in [0.25, 0.3) is 6.08 Å². The van der Waals surface area contributed by atoms with Crippen molar-refractivity contribution in [1.29, 1.82) is 0 Å². The quantitative estimate of drug-likeness (QED) is 0.854. The summed E-state index contributed by atoms with van der Waals surface area (Å²) >= 11 is 0. The number of hydrogen-bond donors (Lipinski definition) is 1. The predicted octanol–water partition coefficient (Wildman–Crippen LogP) is 2.21. The van der Waals surface area contributed by atoms with Crippen molar-refractivity contribution in [3.63, 3.8) is 0 Å². The van der Waals surface area contributed by atoms with Crippen LogP contribution in [0.15, 0.2) is 60.9 Å². The van der Waals surface area contributed by atoms with Crippen LogP contribution in [0.2, 0.25) is 0 Å². The van der Waals surface area contributed by atoms with Crippen molar-refractivity contribution in [2.45, 2.75) is 0 Å². The smallest absolute Gasteiger partial charge is 0.323 e. The molecule has 0 spiro atoms. The summed E-state index contributed by atoms with van der Waals surface area (Å²) in [4.78, 5) is 28.3. The summed E-state index contributed by atoms with van der Waals surface area (Å²) in [5.41, 5.74) is 1.31. The fourth-order valence-corrected chi connectivity index (χ4v) is 1.77. The first-order valence-electron chi connectivity index (χ1n) is 6.33. The Hall–Kier alpha value is -2.95. The van der Waals surface area contributed by atoms with Gasteiger partial charge in [0.05, 0.1) is 0 Å². The molecule has 5 heteroatoms. The van der Waals surface area contributed by atoms with Gasteiger partial charge in [-0.25, -0.2) is 0 Å². The Kier molecular flexibility index (Phi) is 4.82. The van der Waals surface area contributed by atoms with Crippen LogP contribution < -0.4 is 4.90 Å². The van der Waals surface area contributed by atoms with Gasteiger partial charge in [-0.05, 0) is 29.8 Å². The fraction of sp³-hybridized carbons (Fsp3) is 0.0625. The maximum absolute atomic E-state index is 12.2. The van der Waals surface area contributed by atoms with Crippen LogP contribution in [0.5, 0.6) is 0 Å². The van der Waals surface area contributed by atoms with Crippen LogP contribution in [0.3, 0.4) is 0 Å². The van der Waals surface area contributed by atoms with Crippen molar-refractivity contribution in [3.05, 3.63) is 66.5 Å². The minimum atomic E-state index is -1.07. The molecule has 2 rings (SSSR count). The molecule has 5 nitrogen and oxygen atoms in total. The molecule has 0 radical (unpaired) electrons. The number of para-hydroxylation sites is 1. The molecule has 0 aliphatic rings. The Morgan fingerprint density at radius 3 is 2.52 bits per heavy atom. The van der Waals surface area contributed by atoms with Gasteiger partial charge in [-0.15, -0.1) is 0 Å². The van der Waals surface area contributed by atoms with Crippen LogP contribution >= 0.6 is 0 Å². The molecule has 0 bridgehead atoms. The Labute approximate surface area is 122 Å². The highest BCUT2D eigenvalue weighted by Crippen LogP contribution is 2.14. The zero-order chi connectivity index (χ0) is 15.1. The Morgan fingerprint density at radius 1 is 1.14 bits per heavy atom. The van der Waals surface area contributed by atoms with Gasteiger partial charge in [0.1, 0.15) is 6.54 Å². The number of pyridine rings is 1. The predicted molar refractivity (Wildman–Crippen MR) is 79.7 cm³/mol. The molecule has 0 aliphatic carbocycles. The standard InChI is InChI=1S/C16H14N2O3/c19-15(9-8-13-5-4-10-17-11-13)18(12-16(20)21)14-6-2-1-3-7-14/h1-11H,12H2,(H,20,21)/b9-8+. The van der Waals surface area contributed by atoms with Gasteiger partial charge < -0.3 is 5.11 Å². The second kappa shape index (κ2) is 7.00. The molecule has 0 fully saturated rings. The molecule has 0 saturated carbocycles. The third-order valence-electron chi connectivity index (χ3n) is 2.73. The lowest BCUT2D eigenvalue weighted by atomic mass is 10.2. The molecule has 0 aliphatic heterocycles. The minimum absolute atomic E-state index is 0.389. The van der Waals surface area contributed by atoms with Crippen molar-refractivity contribution in [2.24, 2.45) is 0 Å². The number of anilines is 1. The van der Waals surface area contributed by atoms with Crippen LogP contribution in [0, 0.1) is 0 Å². The second-order valence-electron chi connectivity index (χ2n) is 4.27. The van der Waals surface area contributed by atoms with Gasteiger partial charge in [-0.3, -0.25) is 19.5 Å². The highest BCUT2D eigenvalue weighted by atomic mass is 16.4. The SMILES string of the molecule is O=C(O)CN(C(=O)/C=C/c1cccnc1)c1ccccc1. The number of carbonyl (C=O) groups is 2. The minimum Gasteiger partial charge on any atom is -0.480 e. The van der Waals surface area contributed by atoms with E-state index < -0.39 is 11.9 Å². The Balaban J connectivity index is 2.19. The van der Waals surface area contributed by atoms with E-state index in [4.69, 9.17) is 5.11 Å². The maximum Gasteiger partial charge on any atom is 0.323 e. The topological polar surface area (TPSA) is 70.5 Å². The molecule has 0 unspecified atom stereocenters. The number of carboxylic acids is 1. The van der Waals surface area contributed by atoms with Gasteiger partial charge in [-0.2, -0.15) is 0 Å². The molecule has 21 heavy (non-hydrogen) atoms. The summed E-state index contributed by atoms with van der Waals surface area (Å²) in [5, 5.41) is 8.95. The van der Waals surface area contributed by atoms with Crippen molar-refractivity contribution < 1.29 is 14.7 Å². The molecule has 1 aromatic heterocycles. The van der Waals surface area contributed by atoms with Crippen molar-refractivity contribution in [1.82, 2.24) is 4.98 Å². The number of carbonyl (C=O) groups excluding carboxylic acids is 1. The lowest BCUT2D eigenvalue weighted by Gasteiger charge is -2.18. The van der Waals surface area contributed by atoms with E-state index in [0.29, 0.717) is 5.69 Å². The van der Waals surface area contributed by atoms with Crippen LogP contribution in [-0.4, -0.2) is 28.5 Å². The largest absolute Gasteiger partial charge is 0.480 e. The molecule has 0 saturated heterocycles. The third-order valence-corrected chi connectivity index (χ3v) is 2.73. The van der Waals surface area contributed by atoms with Gasteiger partial charge >= 0.3 is 5.97 Å². The number of benzene rings is 1. The summed E-state index contributed by atoms with van der Waals surface area (Å²) in [6.45, 7) is -0.389. The third kappa shape index (κ3) is 4.28. The van der Waals surface area contributed by atoms with E-state index in [-0.39, 0.29) is 6.54 Å². The van der Waals surface area contributed by atoms with Crippen molar-refractivity contribution >= 4 is 23.6 Å². The number of amides is 1. The van der Waals surface area contributed by atoms with Gasteiger partial charge in [-0.1, -0.05) is 24.3 Å². The van der Waals surface area contributed by atoms with Gasteiger partial charge in [0.25, 0.3) is 5.91 Å². The van der Waals surface area contributed by atoms with E-state index >= 15 is 0 Å². The molecule has 1 amide bonds. The fourth-order valence-electron chi connectivity index (χ4n) is 1.77. The summed E-state index contributed by atoms with van der Waals surface area (Å²) in [5.74, 6) is -1.46. The molecule has 2 aromatic rings. The first kappa shape index (κ1) is 14.5. The number of aliphatic carboxylic acids is 1. The zero-order valence-corrected chi connectivity index (χ0v) is 11.2. The molecule has 1 aromatic carbocycles. The first-order chi connectivity index (χ1) is 10.2. The molecule has 0 atom stereocenters. The van der Waals surface area contributed by atoms with E-state index in [1.165, 1.54) is 11.0 Å². The molecule has 1 heterocycles. The van der Waals surface area contributed by atoms with Crippen LogP contribution in [-0.2, 0) is 9.59 Å². The van der Waals surface area contributed by atoms with Crippen molar-refractivity contribution in [3.8, 4) is 0 Å². The summed E-state index contributed by atoms with van der Waals surface area (Å²) in [6, 6.07) is 12.3. The van der Waals surface area contributed by atoms with Crippen LogP contribution in [0.4, 0.5) is 5.69 Å². The highest BCUT2D eigenvalue weighted by molar-refractivity contribution is 6.06. The average Bonchev–Trinajstić information content (AvgIpc) is 2.52. The Morgan fingerprint density at radius 2 is 1.90 bits per heavy atom. The van der Waals surface area contributed by atoms with E-state index in [9.17, 15) is 9.59 Å². The summed E-state index contributed by atoms with van der Waals surface area (Å²) < 4.78 is 0. The number of rotatable bonds is 5. The Bertz CT molecular complexity index is 639. The summed E-state index contributed by atoms with van der Waals surface area (Å²) in [7, 11) is 0. The summed E-state index contributed by atoms with van der Waals surface area (Å²) in [6.07, 6.45) is 6.20. The zero-order valence-electron chi connectivity index (χ0n) is 11.2. The highest BCUT2D eigenvalue weighted by Gasteiger charge is 2.16. The van der Waals surface area contributed by atoms with E-state index in [2.05, 4.69) is 4.98 Å². The van der Waals surface area contributed by atoms with Gasteiger partial charge in [0, 0.05) is 24.2 Å². The molecule has 1 N–H and O–H groups in total. The number of aromatic nitrogens is 1. The molecular weight excluding hydrogens is 268 g/mol. The molecular formula is C16H14N2O3. The van der Waals surface area contributed by atoms with E-state index in [0.717, 1.165) is 5.56 Å². The molecule has 106 valence electrons. The normalized spacial score (nSPS) is 10.5. The monoisotopic (exact) mass is 282 g/mol. The lowest BCUT2D eigenvalue weighted by Crippen LogP contribution is -2.34. The van der Waals surface area contributed by atoms with E-state index in [1.807, 2.05) is 0 Å². The van der Waals surface area contributed by atoms with Crippen molar-refractivity contribution in [2.75, 3.05) is 11.4 Å². The number of carboxylic acid groups (broad SMARTS) is 1. The van der Waals surface area contributed by atoms with E-state index in [1.54, 1.807) is 60.9 Å². The van der Waals surface area contributed by atoms with Gasteiger partial charge in [0.15, 0.2) is 0 Å². The second-order valence-corrected chi connectivity index (χ2v) is 4.27. The van der Waals surface area contributed by atoms with Gasteiger partial charge in [0.2, 0.25) is 0 Å². The average molecular weight is 282 g/mol. The first-order valence-corrected chi connectivity index (χ1v) is 6.33. The van der Waals surface area contributed by atoms with Crippen LogP contribution in [0.1, 0.15) is 5.56 Å². The number of hydrogen-bond acceptors (Lipinski definition) is 3. The maximum atomic E-state index is 12.2. The number of nitrogens with zero attached hydrogens (tertiary/aromatic N) is 2. The lowest BCUT2D eigenvalue weighted by molar-refractivity contribution is -0.136.